The van der Waals surface area contributed by atoms with Gasteiger partial charge in [-0.25, -0.2) is 0 Å². The van der Waals surface area contributed by atoms with Crippen molar-refractivity contribution in [3.05, 3.63) is 34.9 Å². The standard InChI is InChI=1S/C18H25ClN4O2S/c1-11-6-5-9-15(12(11)2)21-18(26)23-22-16(24)10-20-17(25)13-7-3-4-8-14(13)19/h3-4,7-8,11-12,15H,5-6,9-10H2,1-2H3,(H,20,25)(H,22,24)(H2,21,23,26)/t11-,12-,15-/m1/s1. The summed E-state index contributed by atoms with van der Waals surface area (Å²) in [6.45, 7) is 4.28. The van der Waals surface area contributed by atoms with E-state index < -0.39 is 11.8 Å². The lowest BCUT2D eigenvalue weighted by Gasteiger charge is -2.35. The minimum absolute atomic E-state index is 0.184. The first kappa shape index (κ1) is 20.5. The van der Waals surface area contributed by atoms with Gasteiger partial charge in [-0.05, 0) is 42.6 Å². The Bertz CT molecular complexity index is 670. The number of carbonyl (C=O) groups is 2. The van der Waals surface area contributed by atoms with Crippen molar-refractivity contribution in [1.29, 1.82) is 0 Å². The minimum atomic E-state index is -0.406. The summed E-state index contributed by atoms with van der Waals surface area (Å²) in [6.07, 6.45) is 3.47. The normalized spacial score (nSPS) is 22.2. The first-order valence-corrected chi connectivity index (χ1v) is 9.55. The fourth-order valence-corrected chi connectivity index (χ4v) is 3.49. The van der Waals surface area contributed by atoms with Gasteiger partial charge in [-0.3, -0.25) is 20.4 Å². The highest BCUT2D eigenvalue weighted by atomic mass is 35.5. The van der Waals surface area contributed by atoms with E-state index in [-0.39, 0.29) is 6.54 Å². The number of hydrogen-bond acceptors (Lipinski definition) is 3. The van der Waals surface area contributed by atoms with E-state index >= 15 is 0 Å². The average molecular weight is 397 g/mol. The Labute approximate surface area is 164 Å². The number of rotatable bonds is 4. The van der Waals surface area contributed by atoms with Gasteiger partial charge in [0.2, 0.25) is 0 Å². The van der Waals surface area contributed by atoms with Crippen LogP contribution < -0.4 is 21.5 Å². The van der Waals surface area contributed by atoms with Crippen LogP contribution in [0.15, 0.2) is 24.3 Å². The smallest absolute Gasteiger partial charge is 0.257 e. The van der Waals surface area contributed by atoms with Crippen LogP contribution >= 0.6 is 23.8 Å². The van der Waals surface area contributed by atoms with E-state index in [1.807, 2.05) is 0 Å². The van der Waals surface area contributed by atoms with Crippen LogP contribution in [0.3, 0.4) is 0 Å². The van der Waals surface area contributed by atoms with Gasteiger partial charge in [0, 0.05) is 6.04 Å². The zero-order valence-electron chi connectivity index (χ0n) is 15.0. The zero-order valence-corrected chi connectivity index (χ0v) is 16.5. The lowest BCUT2D eigenvalue weighted by Crippen LogP contribution is -2.53. The predicted molar refractivity (Wildman–Crippen MR) is 107 cm³/mol. The summed E-state index contributed by atoms with van der Waals surface area (Å²) >= 11 is 11.2. The van der Waals surface area contributed by atoms with E-state index in [1.165, 1.54) is 12.8 Å². The molecule has 0 unspecified atom stereocenters. The van der Waals surface area contributed by atoms with E-state index in [2.05, 4.69) is 35.3 Å². The van der Waals surface area contributed by atoms with Gasteiger partial charge in [-0.1, -0.05) is 50.4 Å². The van der Waals surface area contributed by atoms with Gasteiger partial charge in [0.1, 0.15) is 0 Å². The second-order valence-corrected chi connectivity index (χ2v) is 7.50. The van der Waals surface area contributed by atoms with Gasteiger partial charge >= 0.3 is 0 Å². The summed E-state index contributed by atoms with van der Waals surface area (Å²) in [7, 11) is 0. The molecule has 2 rings (SSSR count). The van der Waals surface area contributed by atoms with Crippen molar-refractivity contribution >= 4 is 40.7 Å². The number of benzene rings is 1. The molecule has 26 heavy (non-hydrogen) atoms. The maximum atomic E-state index is 12.0. The highest BCUT2D eigenvalue weighted by Gasteiger charge is 2.27. The highest BCUT2D eigenvalue weighted by Crippen LogP contribution is 2.29. The van der Waals surface area contributed by atoms with Crippen LogP contribution in [0.1, 0.15) is 43.5 Å². The molecule has 1 aromatic rings. The van der Waals surface area contributed by atoms with Gasteiger partial charge < -0.3 is 10.6 Å². The molecule has 8 heteroatoms. The fourth-order valence-electron chi connectivity index (χ4n) is 3.06. The Kier molecular flexibility index (Phi) is 7.66. The summed E-state index contributed by atoms with van der Waals surface area (Å²) in [4.78, 5) is 23.9. The third-order valence-corrected chi connectivity index (χ3v) is 5.42. The number of amides is 2. The highest BCUT2D eigenvalue weighted by molar-refractivity contribution is 7.80. The molecule has 1 aliphatic rings. The van der Waals surface area contributed by atoms with Crippen LogP contribution in [-0.4, -0.2) is 29.5 Å². The average Bonchev–Trinajstić information content (AvgIpc) is 2.62. The largest absolute Gasteiger partial charge is 0.358 e. The van der Waals surface area contributed by atoms with E-state index in [9.17, 15) is 9.59 Å². The lowest BCUT2D eigenvalue weighted by atomic mass is 9.78. The molecule has 0 aliphatic heterocycles. The summed E-state index contributed by atoms with van der Waals surface area (Å²) in [5.41, 5.74) is 5.49. The van der Waals surface area contributed by atoms with Gasteiger partial charge in [0.05, 0.1) is 17.1 Å². The summed E-state index contributed by atoms with van der Waals surface area (Å²) in [6, 6.07) is 6.96. The maximum absolute atomic E-state index is 12.0. The molecule has 1 saturated carbocycles. The van der Waals surface area contributed by atoms with Crippen LogP contribution in [0.2, 0.25) is 5.02 Å². The molecule has 3 atom stereocenters. The first-order valence-electron chi connectivity index (χ1n) is 8.76. The monoisotopic (exact) mass is 396 g/mol. The van der Waals surface area contributed by atoms with Crippen LogP contribution in [0, 0.1) is 11.8 Å². The number of thiocarbonyl (C=S) groups is 1. The Hall–Kier alpha value is -1.86. The number of hydrazine groups is 1. The molecule has 0 bridgehead atoms. The third kappa shape index (κ3) is 5.85. The summed E-state index contributed by atoms with van der Waals surface area (Å²) < 4.78 is 0. The van der Waals surface area contributed by atoms with Crippen molar-refractivity contribution in [2.45, 2.75) is 39.2 Å². The molecule has 0 radical (unpaired) electrons. The second-order valence-electron chi connectivity index (χ2n) is 6.68. The second kappa shape index (κ2) is 9.73. The van der Waals surface area contributed by atoms with Gasteiger partial charge in [-0.15, -0.1) is 0 Å². The van der Waals surface area contributed by atoms with E-state index in [4.69, 9.17) is 23.8 Å². The quantitative estimate of drug-likeness (QED) is 0.464. The van der Waals surface area contributed by atoms with Crippen molar-refractivity contribution in [2.24, 2.45) is 11.8 Å². The SMILES string of the molecule is C[C@@H]1[C@H](C)CCC[C@H]1NC(=S)NNC(=O)CNC(=O)c1ccccc1Cl. The van der Waals surface area contributed by atoms with Crippen LogP contribution in [0.4, 0.5) is 0 Å². The van der Waals surface area contributed by atoms with E-state index in [0.29, 0.717) is 33.6 Å². The molecule has 1 aromatic carbocycles. The third-order valence-electron chi connectivity index (χ3n) is 4.87. The molecule has 0 heterocycles. The van der Waals surface area contributed by atoms with Crippen LogP contribution in [-0.2, 0) is 4.79 Å². The van der Waals surface area contributed by atoms with E-state index in [1.54, 1.807) is 24.3 Å². The molecule has 0 saturated heterocycles. The molecule has 0 spiro atoms. The van der Waals surface area contributed by atoms with E-state index in [0.717, 1.165) is 6.42 Å². The van der Waals surface area contributed by atoms with Crippen molar-refractivity contribution in [2.75, 3.05) is 6.54 Å². The predicted octanol–water partition coefficient (Wildman–Crippen LogP) is 2.39. The van der Waals surface area contributed by atoms with Crippen LogP contribution in [0.5, 0.6) is 0 Å². The first-order chi connectivity index (χ1) is 12.4. The topological polar surface area (TPSA) is 82.3 Å². The van der Waals surface area contributed by atoms with Gasteiger partial charge in [0.15, 0.2) is 5.11 Å². The lowest BCUT2D eigenvalue weighted by molar-refractivity contribution is -0.120. The fraction of sp³-hybridized carbons (Fsp3) is 0.500. The Morgan fingerprint density at radius 3 is 2.65 bits per heavy atom. The molecular weight excluding hydrogens is 372 g/mol. The molecule has 142 valence electrons. The Balaban J connectivity index is 1.70. The molecule has 0 aromatic heterocycles. The number of carbonyl (C=O) groups excluding carboxylic acids is 2. The maximum Gasteiger partial charge on any atom is 0.257 e. The van der Waals surface area contributed by atoms with Crippen molar-refractivity contribution < 1.29 is 9.59 Å². The van der Waals surface area contributed by atoms with Gasteiger partial charge in [-0.2, -0.15) is 0 Å². The molecule has 1 fully saturated rings. The van der Waals surface area contributed by atoms with Gasteiger partial charge in [0.25, 0.3) is 11.8 Å². The van der Waals surface area contributed by atoms with Crippen molar-refractivity contribution in [1.82, 2.24) is 21.5 Å². The molecule has 6 nitrogen and oxygen atoms in total. The van der Waals surface area contributed by atoms with Crippen molar-refractivity contribution in [3.8, 4) is 0 Å². The number of nitrogens with one attached hydrogen (secondary N) is 4. The molecule has 4 N–H and O–H groups in total. The van der Waals surface area contributed by atoms with Crippen molar-refractivity contribution in [3.63, 3.8) is 0 Å². The number of hydrogen-bond donors (Lipinski definition) is 4. The summed E-state index contributed by atoms with van der Waals surface area (Å²) in [5, 5.41) is 6.49. The number of halogens is 1. The summed E-state index contributed by atoms with van der Waals surface area (Å²) in [5.74, 6) is 0.365. The molecule has 2 amide bonds. The molecular formula is C18H25ClN4O2S. The minimum Gasteiger partial charge on any atom is -0.358 e. The Morgan fingerprint density at radius 2 is 1.92 bits per heavy atom. The molecule has 1 aliphatic carbocycles. The Morgan fingerprint density at radius 1 is 1.19 bits per heavy atom. The zero-order chi connectivity index (χ0) is 19.1. The van der Waals surface area contributed by atoms with Crippen LogP contribution in [0.25, 0.3) is 0 Å².